The highest BCUT2D eigenvalue weighted by Crippen LogP contribution is 2.38. The van der Waals surface area contributed by atoms with E-state index in [2.05, 4.69) is 25.2 Å². The standard InChI is InChI=1S/C25H34N6O3S/c1-6-30-17(3)23(16(2)29-30)26-22(32)15-35-25-28-27-24(31(25)19-10-8-7-9-11-19)18-12-13-20(33-4)21(14-18)34-5/h12-14,19H,6-11,15H2,1-5H3,(H,26,32). The van der Waals surface area contributed by atoms with E-state index in [0.717, 1.165) is 53.0 Å². The van der Waals surface area contributed by atoms with Crippen LogP contribution in [-0.2, 0) is 11.3 Å². The number of carbonyl (C=O) groups is 1. The Balaban J connectivity index is 1.58. The lowest BCUT2D eigenvalue weighted by Gasteiger charge is -2.25. The molecule has 0 spiro atoms. The lowest BCUT2D eigenvalue weighted by atomic mass is 9.95. The van der Waals surface area contributed by atoms with Gasteiger partial charge in [-0.1, -0.05) is 31.0 Å². The fraction of sp³-hybridized carbons (Fsp3) is 0.520. The first kappa shape index (κ1) is 25.1. The van der Waals surface area contributed by atoms with Crippen molar-refractivity contribution in [3.63, 3.8) is 0 Å². The van der Waals surface area contributed by atoms with Gasteiger partial charge in [0, 0.05) is 18.2 Å². The Morgan fingerprint density at radius 2 is 1.86 bits per heavy atom. The Labute approximate surface area is 210 Å². The average Bonchev–Trinajstić information content (AvgIpc) is 3.43. The third kappa shape index (κ3) is 5.32. The summed E-state index contributed by atoms with van der Waals surface area (Å²) in [6, 6.07) is 6.10. The molecular weight excluding hydrogens is 464 g/mol. The van der Waals surface area contributed by atoms with Gasteiger partial charge in [0.2, 0.25) is 5.91 Å². The molecule has 188 valence electrons. The van der Waals surface area contributed by atoms with Crippen LogP contribution < -0.4 is 14.8 Å². The average molecular weight is 499 g/mol. The van der Waals surface area contributed by atoms with Gasteiger partial charge in [-0.15, -0.1) is 10.2 Å². The van der Waals surface area contributed by atoms with E-state index in [1.165, 1.54) is 31.0 Å². The van der Waals surface area contributed by atoms with Crippen LogP contribution in [0.2, 0.25) is 0 Å². The molecule has 0 unspecified atom stereocenters. The number of aryl methyl sites for hydroxylation is 2. The first-order chi connectivity index (χ1) is 17.0. The Hall–Kier alpha value is -3.01. The summed E-state index contributed by atoms with van der Waals surface area (Å²) in [4.78, 5) is 12.8. The Bertz CT molecular complexity index is 1180. The summed E-state index contributed by atoms with van der Waals surface area (Å²) in [5.74, 6) is 2.27. The highest BCUT2D eigenvalue weighted by molar-refractivity contribution is 7.99. The van der Waals surface area contributed by atoms with Crippen LogP contribution in [0.3, 0.4) is 0 Å². The molecule has 35 heavy (non-hydrogen) atoms. The van der Waals surface area contributed by atoms with Crippen molar-refractivity contribution in [1.82, 2.24) is 24.5 Å². The second-order valence-electron chi connectivity index (χ2n) is 8.74. The summed E-state index contributed by atoms with van der Waals surface area (Å²) < 4.78 is 15.0. The topological polar surface area (TPSA) is 96.1 Å². The zero-order chi connectivity index (χ0) is 24.9. The van der Waals surface area contributed by atoms with Crippen LogP contribution in [0, 0.1) is 13.8 Å². The number of carbonyl (C=O) groups excluding carboxylic acids is 1. The maximum Gasteiger partial charge on any atom is 0.234 e. The Morgan fingerprint density at radius 3 is 2.51 bits per heavy atom. The first-order valence-corrected chi connectivity index (χ1v) is 13.1. The molecule has 1 amide bonds. The number of amides is 1. The van der Waals surface area contributed by atoms with Crippen LogP contribution >= 0.6 is 11.8 Å². The summed E-state index contributed by atoms with van der Waals surface area (Å²) in [7, 11) is 3.25. The number of aromatic nitrogens is 5. The molecule has 1 saturated carbocycles. The van der Waals surface area contributed by atoms with Crippen molar-refractivity contribution in [1.29, 1.82) is 0 Å². The van der Waals surface area contributed by atoms with Crippen molar-refractivity contribution in [2.75, 3.05) is 25.3 Å². The Kier molecular flexibility index (Phi) is 8.00. The van der Waals surface area contributed by atoms with Crippen molar-refractivity contribution in [3.05, 3.63) is 29.6 Å². The molecule has 0 radical (unpaired) electrons. The van der Waals surface area contributed by atoms with Crippen LogP contribution in [0.4, 0.5) is 5.69 Å². The number of anilines is 1. The number of rotatable bonds is 9. The molecular formula is C25H34N6O3S. The van der Waals surface area contributed by atoms with Crippen molar-refractivity contribution in [2.24, 2.45) is 0 Å². The summed E-state index contributed by atoms with van der Waals surface area (Å²) in [5, 5.41) is 17.3. The third-order valence-corrected chi connectivity index (χ3v) is 7.47. The van der Waals surface area contributed by atoms with Crippen LogP contribution in [0.25, 0.3) is 11.4 Å². The highest BCUT2D eigenvalue weighted by Gasteiger charge is 2.25. The van der Waals surface area contributed by atoms with E-state index < -0.39 is 0 Å². The Morgan fingerprint density at radius 1 is 1.11 bits per heavy atom. The normalized spacial score (nSPS) is 14.2. The quantitative estimate of drug-likeness (QED) is 0.413. The zero-order valence-electron chi connectivity index (χ0n) is 21.1. The number of nitrogens with one attached hydrogen (secondary N) is 1. The van der Waals surface area contributed by atoms with Gasteiger partial charge >= 0.3 is 0 Å². The molecule has 0 saturated heterocycles. The minimum absolute atomic E-state index is 0.0808. The maximum absolute atomic E-state index is 12.8. The molecule has 0 bridgehead atoms. The molecule has 0 aliphatic heterocycles. The van der Waals surface area contributed by atoms with Gasteiger partial charge in [-0.25, -0.2) is 0 Å². The summed E-state index contributed by atoms with van der Waals surface area (Å²) in [6.45, 7) is 6.69. The number of ether oxygens (including phenoxy) is 2. The van der Waals surface area contributed by atoms with E-state index in [-0.39, 0.29) is 11.7 Å². The fourth-order valence-corrected chi connectivity index (χ4v) is 5.51. The van der Waals surface area contributed by atoms with Gasteiger partial charge in [-0.2, -0.15) is 5.10 Å². The third-order valence-electron chi connectivity index (χ3n) is 6.52. The molecule has 1 N–H and O–H groups in total. The SMILES string of the molecule is CCn1nc(C)c(NC(=O)CSc2nnc(-c3ccc(OC)c(OC)c3)n2C2CCCCC2)c1C. The summed E-state index contributed by atoms with van der Waals surface area (Å²) in [5.41, 5.74) is 3.49. The molecule has 1 aliphatic carbocycles. The number of hydrogen-bond acceptors (Lipinski definition) is 7. The van der Waals surface area contributed by atoms with Crippen molar-refractivity contribution >= 4 is 23.4 Å². The fourth-order valence-electron chi connectivity index (χ4n) is 4.71. The summed E-state index contributed by atoms with van der Waals surface area (Å²) >= 11 is 1.42. The molecule has 1 aliphatic rings. The minimum Gasteiger partial charge on any atom is -0.493 e. The molecule has 1 fully saturated rings. The van der Waals surface area contributed by atoms with E-state index >= 15 is 0 Å². The largest absolute Gasteiger partial charge is 0.493 e. The van der Waals surface area contributed by atoms with Crippen LogP contribution in [0.5, 0.6) is 11.5 Å². The van der Waals surface area contributed by atoms with Gasteiger partial charge in [0.1, 0.15) is 0 Å². The predicted octanol–water partition coefficient (Wildman–Crippen LogP) is 5.03. The molecule has 2 heterocycles. The van der Waals surface area contributed by atoms with Gasteiger partial charge in [-0.3, -0.25) is 14.0 Å². The van der Waals surface area contributed by atoms with E-state index in [9.17, 15) is 4.79 Å². The summed E-state index contributed by atoms with van der Waals surface area (Å²) in [6.07, 6.45) is 5.76. The van der Waals surface area contributed by atoms with Gasteiger partial charge in [0.25, 0.3) is 0 Å². The first-order valence-electron chi connectivity index (χ1n) is 12.1. The van der Waals surface area contributed by atoms with E-state index in [1.54, 1.807) is 14.2 Å². The highest BCUT2D eigenvalue weighted by atomic mass is 32.2. The number of thioether (sulfide) groups is 1. The van der Waals surface area contributed by atoms with Crippen molar-refractivity contribution < 1.29 is 14.3 Å². The molecule has 3 aromatic rings. The van der Waals surface area contributed by atoms with E-state index in [0.29, 0.717) is 17.5 Å². The molecule has 1 aromatic carbocycles. The van der Waals surface area contributed by atoms with Crippen molar-refractivity contribution in [3.8, 4) is 22.9 Å². The molecule has 10 heteroatoms. The second kappa shape index (κ2) is 11.2. The monoisotopic (exact) mass is 498 g/mol. The van der Waals surface area contributed by atoms with Gasteiger partial charge < -0.3 is 14.8 Å². The van der Waals surface area contributed by atoms with E-state index in [4.69, 9.17) is 9.47 Å². The molecule has 4 rings (SSSR count). The van der Waals surface area contributed by atoms with Crippen LogP contribution in [0.15, 0.2) is 23.4 Å². The minimum atomic E-state index is -0.0808. The number of methoxy groups -OCH3 is 2. The smallest absolute Gasteiger partial charge is 0.234 e. The number of benzene rings is 1. The van der Waals surface area contributed by atoms with E-state index in [1.807, 2.05) is 43.7 Å². The maximum atomic E-state index is 12.8. The van der Waals surface area contributed by atoms with Gasteiger partial charge in [0.05, 0.1) is 37.0 Å². The molecule has 9 nitrogen and oxygen atoms in total. The van der Waals surface area contributed by atoms with Gasteiger partial charge in [-0.05, 0) is 51.8 Å². The zero-order valence-corrected chi connectivity index (χ0v) is 21.9. The van der Waals surface area contributed by atoms with Crippen molar-refractivity contribution in [2.45, 2.75) is 70.6 Å². The predicted molar refractivity (Wildman–Crippen MR) is 137 cm³/mol. The molecule has 2 aromatic heterocycles. The molecule has 0 atom stereocenters. The number of nitrogens with zero attached hydrogens (tertiary/aromatic N) is 5. The lowest BCUT2D eigenvalue weighted by Crippen LogP contribution is -2.18. The van der Waals surface area contributed by atoms with Gasteiger partial charge in [0.15, 0.2) is 22.5 Å². The van der Waals surface area contributed by atoms with Crippen LogP contribution in [0.1, 0.15) is 56.5 Å². The lowest BCUT2D eigenvalue weighted by molar-refractivity contribution is -0.113. The van der Waals surface area contributed by atoms with Crippen LogP contribution in [-0.4, -0.2) is 50.4 Å². The number of hydrogen-bond donors (Lipinski definition) is 1. The second-order valence-corrected chi connectivity index (χ2v) is 9.68.